The number of ether oxygens (including phenoxy) is 1. The summed E-state index contributed by atoms with van der Waals surface area (Å²) in [5.41, 5.74) is 0.980. The molecule has 1 amide bonds. The van der Waals surface area contributed by atoms with E-state index in [-0.39, 0.29) is 5.91 Å². The molecule has 1 aromatic carbocycles. The smallest absolute Gasteiger partial charge is 0.291 e. The summed E-state index contributed by atoms with van der Waals surface area (Å²) >= 11 is 1.66. The van der Waals surface area contributed by atoms with E-state index >= 15 is 0 Å². The standard InChI is InChI=1S/C18H20N6O2S/c1-26-12-4-5-13-14(11-12)27-18(19-13)23-9-7-22(8-10-23)17(25)16-21-20-15-3-2-6-24(15)16/h4-5,11H,2-3,6-10H2,1H3. The number of fused-ring (bicyclic) bond motifs is 2. The average molecular weight is 384 g/mol. The highest BCUT2D eigenvalue weighted by molar-refractivity contribution is 7.22. The Labute approximate surface area is 160 Å². The van der Waals surface area contributed by atoms with E-state index in [1.807, 2.05) is 27.7 Å². The molecule has 0 N–H and O–H groups in total. The Balaban J connectivity index is 1.29. The number of amides is 1. The zero-order chi connectivity index (χ0) is 18.4. The van der Waals surface area contributed by atoms with E-state index in [0.29, 0.717) is 18.9 Å². The maximum atomic E-state index is 12.8. The van der Waals surface area contributed by atoms with Gasteiger partial charge in [-0.25, -0.2) is 4.98 Å². The molecule has 0 saturated carbocycles. The predicted octanol–water partition coefficient (Wildman–Crippen LogP) is 1.80. The lowest BCUT2D eigenvalue weighted by Crippen LogP contribution is -2.49. The van der Waals surface area contributed by atoms with Crippen molar-refractivity contribution in [3.05, 3.63) is 29.8 Å². The summed E-state index contributed by atoms with van der Waals surface area (Å²) in [5.74, 6) is 2.25. The van der Waals surface area contributed by atoms with E-state index in [1.165, 1.54) is 0 Å². The Morgan fingerprint density at radius 1 is 1.15 bits per heavy atom. The predicted molar refractivity (Wildman–Crippen MR) is 103 cm³/mol. The number of nitrogens with zero attached hydrogens (tertiary/aromatic N) is 6. The normalized spacial score (nSPS) is 16.8. The molecule has 0 aliphatic carbocycles. The molecular formula is C18H20N6O2S. The number of aryl methyl sites for hydroxylation is 1. The van der Waals surface area contributed by atoms with Crippen molar-refractivity contribution in [3.8, 4) is 5.75 Å². The number of rotatable bonds is 3. The van der Waals surface area contributed by atoms with Gasteiger partial charge in [-0.3, -0.25) is 4.79 Å². The number of carbonyl (C=O) groups excluding carboxylic acids is 1. The third-order valence-electron chi connectivity index (χ3n) is 5.22. The van der Waals surface area contributed by atoms with Crippen LogP contribution >= 0.6 is 11.3 Å². The van der Waals surface area contributed by atoms with Crippen LogP contribution in [0.25, 0.3) is 10.2 Å². The molecule has 4 heterocycles. The van der Waals surface area contributed by atoms with Crippen LogP contribution in [-0.4, -0.2) is 63.8 Å². The summed E-state index contributed by atoms with van der Waals surface area (Å²) in [4.78, 5) is 21.7. The van der Waals surface area contributed by atoms with Gasteiger partial charge in [-0.2, -0.15) is 0 Å². The maximum Gasteiger partial charge on any atom is 0.291 e. The lowest BCUT2D eigenvalue weighted by molar-refractivity contribution is 0.0729. The molecule has 0 radical (unpaired) electrons. The van der Waals surface area contributed by atoms with E-state index < -0.39 is 0 Å². The van der Waals surface area contributed by atoms with Crippen LogP contribution in [0.2, 0.25) is 0 Å². The van der Waals surface area contributed by atoms with Crippen LogP contribution in [0.4, 0.5) is 5.13 Å². The van der Waals surface area contributed by atoms with Crippen molar-refractivity contribution in [2.24, 2.45) is 0 Å². The number of methoxy groups -OCH3 is 1. The third-order valence-corrected chi connectivity index (χ3v) is 6.30. The molecule has 140 valence electrons. The van der Waals surface area contributed by atoms with Crippen LogP contribution in [-0.2, 0) is 13.0 Å². The van der Waals surface area contributed by atoms with Crippen LogP contribution in [0.3, 0.4) is 0 Å². The van der Waals surface area contributed by atoms with E-state index in [1.54, 1.807) is 18.4 Å². The number of anilines is 1. The molecule has 8 nitrogen and oxygen atoms in total. The number of hydrogen-bond donors (Lipinski definition) is 0. The first-order chi connectivity index (χ1) is 13.2. The van der Waals surface area contributed by atoms with E-state index in [0.717, 1.165) is 59.4 Å². The summed E-state index contributed by atoms with van der Waals surface area (Å²) in [6.45, 7) is 3.71. The maximum absolute atomic E-state index is 12.8. The van der Waals surface area contributed by atoms with Crippen LogP contribution in [0.1, 0.15) is 22.9 Å². The first-order valence-electron chi connectivity index (χ1n) is 9.14. The Morgan fingerprint density at radius 3 is 2.81 bits per heavy atom. The van der Waals surface area contributed by atoms with Gasteiger partial charge in [0.2, 0.25) is 5.82 Å². The van der Waals surface area contributed by atoms with Gasteiger partial charge in [0.25, 0.3) is 5.91 Å². The Bertz CT molecular complexity index is 1000. The molecule has 27 heavy (non-hydrogen) atoms. The highest BCUT2D eigenvalue weighted by Crippen LogP contribution is 2.32. The number of piperazine rings is 1. The minimum Gasteiger partial charge on any atom is -0.497 e. The van der Waals surface area contributed by atoms with Crippen molar-refractivity contribution >= 4 is 32.6 Å². The van der Waals surface area contributed by atoms with Crippen LogP contribution in [0.5, 0.6) is 5.75 Å². The quantitative estimate of drug-likeness (QED) is 0.685. The van der Waals surface area contributed by atoms with Crippen molar-refractivity contribution in [1.29, 1.82) is 0 Å². The molecular weight excluding hydrogens is 364 g/mol. The van der Waals surface area contributed by atoms with Gasteiger partial charge in [-0.15, -0.1) is 10.2 Å². The fraction of sp³-hybridized carbons (Fsp3) is 0.444. The molecule has 2 aliphatic rings. The van der Waals surface area contributed by atoms with Crippen LogP contribution in [0.15, 0.2) is 18.2 Å². The fourth-order valence-electron chi connectivity index (χ4n) is 3.71. The first kappa shape index (κ1) is 16.5. The lowest BCUT2D eigenvalue weighted by atomic mass is 10.3. The van der Waals surface area contributed by atoms with Crippen molar-refractivity contribution in [3.63, 3.8) is 0 Å². The second-order valence-electron chi connectivity index (χ2n) is 6.80. The van der Waals surface area contributed by atoms with Gasteiger partial charge in [0.05, 0.1) is 17.3 Å². The molecule has 1 fully saturated rings. The van der Waals surface area contributed by atoms with Gasteiger partial charge in [0.1, 0.15) is 11.6 Å². The number of hydrogen-bond acceptors (Lipinski definition) is 7. The molecule has 0 unspecified atom stereocenters. The minimum absolute atomic E-state index is 0.00987. The van der Waals surface area contributed by atoms with Gasteiger partial charge in [-0.1, -0.05) is 11.3 Å². The van der Waals surface area contributed by atoms with Crippen molar-refractivity contribution in [2.75, 3.05) is 38.2 Å². The minimum atomic E-state index is -0.00987. The molecule has 5 rings (SSSR count). The van der Waals surface area contributed by atoms with E-state index in [4.69, 9.17) is 9.72 Å². The lowest BCUT2D eigenvalue weighted by Gasteiger charge is -2.34. The monoisotopic (exact) mass is 384 g/mol. The number of carbonyl (C=O) groups is 1. The molecule has 2 aliphatic heterocycles. The summed E-state index contributed by atoms with van der Waals surface area (Å²) in [6.07, 6.45) is 1.96. The molecule has 3 aromatic rings. The number of aromatic nitrogens is 4. The second-order valence-corrected chi connectivity index (χ2v) is 7.81. The summed E-state index contributed by atoms with van der Waals surface area (Å²) < 4.78 is 8.37. The third kappa shape index (κ3) is 2.82. The first-order valence-corrected chi connectivity index (χ1v) is 9.95. The van der Waals surface area contributed by atoms with E-state index in [9.17, 15) is 4.79 Å². The van der Waals surface area contributed by atoms with Crippen LogP contribution < -0.4 is 9.64 Å². The Kier molecular flexibility index (Phi) is 3.96. The zero-order valence-electron chi connectivity index (χ0n) is 15.1. The van der Waals surface area contributed by atoms with Crippen molar-refractivity contribution in [1.82, 2.24) is 24.6 Å². The van der Waals surface area contributed by atoms with Crippen molar-refractivity contribution < 1.29 is 9.53 Å². The molecule has 1 saturated heterocycles. The summed E-state index contributed by atoms with van der Waals surface area (Å²) in [6, 6.07) is 5.93. The molecule has 0 bridgehead atoms. The van der Waals surface area contributed by atoms with Crippen LogP contribution in [0, 0.1) is 0 Å². The number of benzene rings is 1. The van der Waals surface area contributed by atoms with Gasteiger partial charge < -0.3 is 19.1 Å². The Morgan fingerprint density at radius 2 is 2.00 bits per heavy atom. The van der Waals surface area contributed by atoms with Gasteiger partial charge in [0.15, 0.2) is 5.13 Å². The fourth-order valence-corrected chi connectivity index (χ4v) is 4.75. The number of thiazole rings is 1. The SMILES string of the molecule is COc1ccc2nc(N3CCN(C(=O)c4nnc5n4CCC5)CC3)sc2c1. The topological polar surface area (TPSA) is 76.4 Å². The molecule has 0 spiro atoms. The van der Waals surface area contributed by atoms with E-state index in [2.05, 4.69) is 15.1 Å². The second kappa shape index (κ2) is 6.49. The summed E-state index contributed by atoms with van der Waals surface area (Å²) in [5, 5.41) is 9.27. The molecule has 2 aromatic heterocycles. The average Bonchev–Trinajstić information content (AvgIpc) is 3.42. The van der Waals surface area contributed by atoms with Gasteiger partial charge >= 0.3 is 0 Å². The molecule has 0 atom stereocenters. The Hall–Kier alpha value is -2.68. The summed E-state index contributed by atoms with van der Waals surface area (Å²) in [7, 11) is 1.67. The van der Waals surface area contributed by atoms with Gasteiger partial charge in [0, 0.05) is 39.1 Å². The zero-order valence-corrected chi connectivity index (χ0v) is 15.9. The highest BCUT2D eigenvalue weighted by atomic mass is 32.1. The van der Waals surface area contributed by atoms with Gasteiger partial charge in [-0.05, 0) is 24.6 Å². The van der Waals surface area contributed by atoms with Crippen molar-refractivity contribution in [2.45, 2.75) is 19.4 Å². The largest absolute Gasteiger partial charge is 0.497 e. The highest BCUT2D eigenvalue weighted by Gasteiger charge is 2.29. The molecule has 9 heteroatoms.